The molecule has 1 fully saturated rings. The van der Waals surface area contributed by atoms with Crippen molar-refractivity contribution in [3.63, 3.8) is 0 Å². The molecule has 1 saturated heterocycles. The Hall–Kier alpha value is -1.14. The van der Waals surface area contributed by atoms with Gasteiger partial charge in [0.15, 0.2) is 0 Å². The zero-order valence-corrected chi connectivity index (χ0v) is 7.68. The van der Waals surface area contributed by atoms with Gasteiger partial charge in [0.2, 0.25) is 0 Å². The molecule has 0 aromatic carbocycles. The Morgan fingerprint density at radius 1 is 1.46 bits per heavy atom. The van der Waals surface area contributed by atoms with Gasteiger partial charge in [0.25, 0.3) is 5.91 Å². The molecule has 3 amide bonds. The first-order chi connectivity index (χ1) is 5.83. The van der Waals surface area contributed by atoms with E-state index in [9.17, 15) is 14.7 Å². The van der Waals surface area contributed by atoms with Gasteiger partial charge in [-0.05, 0) is 13.8 Å². The number of likely N-dealkylation sites (N-methyl/N-ethyl adjacent to an activating group) is 1. The minimum Gasteiger partial charge on any atom is -0.390 e. The Balaban J connectivity index is 3.13. The van der Waals surface area contributed by atoms with Gasteiger partial charge in [0.05, 0.1) is 6.10 Å². The molecule has 13 heavy (non-hydrogen) atoms. The zero-order chi connectivity index (χ0) is 10.4. The molecule has 1 heterocycles. The van der Waals surface area contributed by atoms with Gasteiger partial charge in [0.1, 0.15) is 5.54 Å². The highest BCUT2D eigenvalue weighted by Crippen LogP contribution is 2.28. The molecule has 0 aromatic heterocycles. The molecular formula is C7H12N2O4. The molecule has 2 unspecified atom stereocenters. The van der Waals surface area contributed by atoms with Crippen LogP contribution < -0.4 is 0 Å². The van der Waals surface area contributed by atoms with Crippen molar-refractivity contribution in [1.29, 1.82) is 0 Å². The summed E-state index contributed by atoms with van der Waals surface area (Å²) in [5.74, 6) is -0.810. The van der Waals surface area contributed by atoms with E-state index in [4.69, 9.17) is 5.21 Å². The summed E-state index contributed by atoms with van der Waals surface area (Å²) >= 11 is 0. The van der Waals surface area contributed by atoms with Crippen LogP contribution in [0.4, 0.5) is 4.79 Å². The fourth-order valence-corrected chi connectivity index (χ4v) is 1.24. The van der Waals surface area contributed by atoms with Crippen molar-refractivity contribution in [1.82, 2.24) is 9.96 Å². The molecule has 1 aliphatic heterocycles. The average Bonchev–Trinajstić information content (AvgIpc) is 2.22. The quantitative estimate of drug-likeness (QED) is 0.425. The van der Waals surface area contributed by atoms with Gasteiger partial charge in [-0.2, -0.15) is 0 Å². The number of carbonyl (C=O) groups excluding carboxylic acids is 2. The summed E-state index contributed by atoms with van der Waals surface area (Å²) < 4.78 is 0. The fraction of sp³-hybridized carbons (Fsp3) is 0.714. The minimum absolute atomic E-state index is 0.0206. The van der Waals surface area contributed by atoms with Crippen molar-refractivity contribution in [3.05, 3.63) is 0 Å². The van der Waals surface area contributed by atoms with Gasteiger partial charge in [-0.3, -0.25) is 10.0 Å². The predicted molar refractivity (Wildman–Crippen MR) is 41.9 cm³/mol. The van der Waals surface area contributed by atoms with Crippen LogP contribution in [0.5, 0.6) is 0 Å². The van der Waals surface area contributed by atoms with Crippen LogP contribution in [0.3, 0.4) is 0 Å². The van der Waals surface area contributed by atoms with Crippen molar-refractivity contribution in [2.45, 2.75) is 25.5 Å². The molecule has 2 N–H and O–H groups in total. The highest BCUT2D eigenvalue weighted by Gasteiger charge is 2.55. The van der Waals surface area contributed by atoms with E-state index < -0.39 is 23.6 Å². The molecule has 6 nitrogen and oxygen atoms in total. The van der Waals surface area contributed by atoms with E-state index in [1.165, 1.54) is 20.9 Å². The van der Waals surface area contributed by atoms with Crippen LogP contribution in [0.1, 0.15) is 13.8 Å². The lowest BCUT2D eigenvalue weighted by Gasteiger charge is -2.30. The van der Waals surface area contributed by atoms with E-state index in [1.54, 1.807) is 0 Å². The van der Waals surface area contributed by atoms with E-state index in [1.807, 2.05) is 0 Å². The van der Waals surface area contributed by atoms with Crippen molar-refractivity contribution >= 4 is 11.9 Å². The molecule has 0 aromatic rings. The third-order valence-corrected chi connectivity index (χ3v) is 2.60. The van der Waals surface area contributed by atoms with Crippen LogP contribution >= 0.6 is 0 Å². The first kappa shape index (κ1) is 9.94. The summed E-state index contributed by atoms with van der Waals surface area (Å²) in [4.78, 5) is 23.5. The number of nitrogens with zero attached hydrogens (tertiary/aromatic N) is 2. The minimum atomic E-state index is -1.37. The number of imide groups is 1. The van der Waals surface area contributed by atoms with Gasteiger partial charge >= 0.3 is 6.03 Å². The Morgan fingerprint density at radius 3 is 2.08 bits per heavy atom. The standard InChI is InChI=1S/C7H12N2O4/c1-4(10)7(2)5(11)9(13)6(12)8(7)3/h4,10,13H,1-3H3. The maximum atomic E-state index is 11.3. The fourth-order valence-electron chi connectivity index (χ4n) is 1.24. The summed E-state index contributed by atoms with van der Waals surface area (Å²) in [5.41, 5.74) is -1.37. The highest BCUT2D eigenvalue weighted by molar-refractivity contribution is 6.05. The Morgan fingerprint density at radius 2 is 1.92 bits per heavy atom. The van der Waals surface area contributed by atoms with Crippen LogP contribution in [0.15, 0.2) is 0 Å². The topological polar surface area (TPSA) is 81.1 Å². The normalized spacial score (nSPS) is 31.5. The summed E-state index contributed by atoms with van der Waals surface area (Å²) in [7, 11) is 1.35. The monoisotopic (exact) mass is 188 g/mol. The summed E-state index contributed by atoms with van der Waals surface area (Å²) in [5, 5.41) is 18.4. The van der Waals surface area contributed by atoms with E-state index in [2.05, 4.69) is 0 Å². The van der Waals surface area contributed by atoms with Crippen molar-refractivity contribution in [3.8, 4) is 0 Å². The Kier molecular flexibility index (Phi) is 2.05. The molecule has 6 heteroatoms. The second-order valence-corrected chi connectivity index (χ2v) is 3.28. The smallest absolute Gasteiger partial charge is 0.352 e. The SMILES string of the molecule is CC(O)C1(C)C(=O)N(O)C(=O)N1C. The molecule has 0 bridgehead atoms. The summed E-state index contributed by atoms with van der Waals surface area (Å²) in [6.45, 7) is 2.79. The van der Waals surface area contributed by atoms with Crippen molar-refractivity contribution in [2.75, 3.05) is 7.05 Å². The predicted octanol–water partition coefficient (Wildman–Crippen LogP) is -0.591. The lowest BCUT2D eigenvalue weighted by molar-refractivity contribution is -0.156. The first-order valence-corrected chi connectivity index (χ1v) is 3.82. The molecule has 0 saturated carbocycles. The number of urea groups is 1. The van der Waals surface area contributed by atoms with Gasteiger partial charge in [0, 0.05) is 7.05 Å². The zero-order valence-electron chi connectivity index (χ0n) is 7.68. The Labute approximate surface area is 75.3 Å². The van der Waals surface area contributed by atoms with Gasteiger partial charge < -0.3 is 10.0 Å². The molecular weight excluding hydrogens is 176 g/mol. The maximum absolute atomic E-state index is 11.3. The average molecular weight is 188 g/mol. The number of amides is 3. The number of hydrogen-bond acceptors (Lipinski definition) is 4. The third-order valence-electron chi connectivity index (χ3n) is 2.60. The van der Waals surface area contributed by atoms with Crippen LogP contribution in [-0.2, 0) is 4.79 Å². The van der Waals surface area contributed by atoms with E-state index in [0.29, 0.717) is 0 Å². The number of aliphatic hydroxyl groups is 1. The van der Waals surface area contributed by atoms with Gasteiger partial charge in [-0.1, -0.05) is 0 Å². The lowest BCUT2D eigenvalue weighted by atomic mass is 9.95. The lowest BCUT2D eigenvalue weighted by Crippen LogP contribution is -2.53. The van der Waals surface area contributed by atoms with E-state index in [0.717, 1.165) is 4.90 Å². The highest BCUT2D eigenvalue weighted by atomic mass is 16.5. The van der Waals surface area contributed by atoms with Crippen LogP contribution in [0, 0.1) is 0 Å². The number of carbonyl (C=O) groups is 2. The maximum Gasteiger partial charge on any atom is 0.352 e. The summed E-state index contributed by atoms with van der Waals surface area (Å²) in [6.07, 6.45) is -1.04. The van der Waals surface area contributed by atoms with Crippen LogP contribution in [-0.4, -0.2) is 50.9 Å². The number of aliphatic hydroxyl groups excluding tert-OH is 1. The largest absolute Gasteiger partial charge is 0.390 e. The molecule has 0 aliphatic carbocycles. The van der Waals surface area contributed by atoms with E-state index in [-0.39, 0.29) is 5.06 Å². The second kappa shape index (κ2) is 2.68. The molecule has 2 atom stereocenters. The van der Waals surface area contributed by atoms with Gasteiger partial charge in [-0.15, -0.1) is 5.06 Å². The second-order valence-electron chi connectivity index (χ2n) is 3.28. The van der Waals surface area contributed by atoms with Crippen LogP contribution in [0.2, 0.25) is 0 Å². The molecule has 0 radical (unpaired) electrons. The first-order valence-electron chi connectivity index (χ1n) is 3.82. The van der Waals surface area contributed by atoms with Crippen molar-refractivity contribution < 1.29 is 19.9 Å². The van der Waals surface area contributed by atoms with Gasteiger partial charge in [-0.25, -0.2) is 4.79 Å². The molecule has 0 spiro atoms. The number of hydroxylamine groups is 2. The van der Waals surface area contributed by atoms with E-state index >= 15 is 0 Å². The molecule has 1 rings (SSSR count). The van der Waals surface area contributed by atoms with Crippen molar-refractivity contribution in [2.24, 2.45) is 0 Å². The molecule has 74 valence electrons. The number of rotatable bonds is 1. The summed E-state index contributed by atoms with van der Waals surface area (Å²) in [6, 6.07) is -0.826. The molecule has 1 aliphatic rings. The Bertz CT molecular complexity index is 265. The van der Waals surface area contributed by atoms with Crippen LogP contribution in [0.25, 0.3) is 0 Å². The third kappa shape index (κ3) is 1.02. The number of hydrogen-bond donors (Lipinski definition) is 2.